The van der Waals surface area contributed by atoms with E-state index in [4.69, 9.17) is 28.6 Å². The van der Waals surface area contributed by atoms with E-state index in [0.29, 0.717) is 27.4 Å². The van der Waals surface area contributed by atoms with Crippen LogP contribution in [-0.2, 0) is 9.53 Å². The van der Waals surface area contributed by atoms with Crippen molar-refractivity contribution in [3.05, 3.63) is 39.8 Å². The van der Waals surface area contributed by atoms with E-state index in [9.17, 15) is 4.79 Å². The van der Waals surface area contributed by atoms with E-state index in [0.717, 1.165) is 12.0 Å². The minimum atomic E-state index is -0.0592. The Hall–Kier alpha value is -0.880. The van der Waals surface area contributed by atoms with Crippen LogP contribution >= 0.6 is 35.6 Å². The number of hydrogen-bond acceptors (Lipinski definition) is 4. The molecule has 0 atom stereocenters. The van der Waals surface area contributed by atoms with Gasteiger partial charge in [-0.25, -0.2) is 0 Å². The first-order chi connectivity index (χ1) is 9.63. The van der Waals surface area contributed by atoms with Gasteiger partial charge in [-0.05, 0) is 24.1 Å². The number of thiocarbonyl (C=S) groups is 1. The highest BCUT2D eigenvalue weighted by molar-refractivity contribution is 8.26. The van der Waals surface area contributed by atoms with Crippen molar-refractivity contribution < 1.29 is 9.53 Å². The molecule has 1 aliphatic heterocycles. The lowest BCUT2D eigenvalue weighted by Gasteiger charge is -2.13. The number of halogens is 1. The lowest BCUT2D eigenvalue weighted by atomic mass is 10.2. The van der Waals surface area contributed by atoms with E-state index < -0.39 is 0 Å². The highest BCUT2D eigenvalue weighted by atomic mass is 35.5. The summed E-state index contributed by atoms with van der Waals surface area (Å²) in [5.41, 5.74) is 0.826. The van der Waals surface area contributed by atoms with Gasteiger partial charge in [-0.2, -0.15) is 0 Å². The van der Waals surface area contributed by atoms with Crippen LogP contribution in [-0.4, -0.2) is 35.4 Å². The van der Waals surface area contributed by atoms with E-state index >= 15 is 0 Å². The Morgan fingerprint density at radius 3 is 2.90 bits per heavy atom. The number of benzene rings is 1. The number of nitrogens with zero attached hydrogens (tertiary/aromatic N) is 1. The molecule has 0 unspecified atom stereocenters. The summed E-state index contributed by atoms with van der Waals surface area (Å²) in [7, 11) is 1.64. The van der Waals surface area contributed by atoms with Crippen LogP contribution in [0.5, 0.6) is 0 Å². The summed E-state index contributed by atoms with van der Waals surface area (Å²) < 4.78 is 5.58. The van der Waals surface area contributed by atoms with Gasteiger partial charge in [-0.1, -0.05) is 53.8 Å². The van der Waals surface area contributed by atoms with Crippen LogP contribution in [0.25, 0.3) is 6.08 Å². The first-order valence-corrected chi connectivity index (χ1v) is 7.72. The number of thioether (sulfide) groups is 1. The second-order valence-electron chi connectivity index (χ2n) is 4.20. The summed E-state index contributed by atoms with van der Waals surface area (Å²) in [5.74, 6) is -0.0592. The fraction of sp³-hybridized carbons (Fsp3) is 0.286. The molecular weight excluding hydrogens is 314 g/mol. The normalized spacial score (nSPS) is 17.3. The van der Waals surface area contributed by atoms with Crippen LogP contribution in [0.2, 0.25) is 5.02 Å². The van der Waals surface area contributed by atoms with Gasteiger partial charge in [0.1, 0.15) is 4.32 Å². The fourth-order valence-corrected chi connectivity index (χ4v) is 3.28. The lowest BCUT2D eigenvalue weighted by Crippen LogP contribution is -2.29. The van der Waals surface area contributed by atoms with Gasteiger partial charge >= 0.3 is 0 Å². The van der Waals surface area contributed by atoms with Crippen molar-refractivity contribution >= 4 is 51.9 Å². The monoisotopic (exact) mass is 327 g/mol. The van der Waals surface area contributed by atoms with Crippen molar-refractivity contribution in [2.45, 2.75) is 6.42 Å². The molecule has 1 aromatic rings. The number of ether oxygens (including phenoxy) is 1. The van der Waals surface area contributed by atoms with E-state index in [1.54, 1.807) is 24.2 Å². The molecule has 0 aliphatic carbocycles. The molecular formula is C14H14ClNO2S2. The first kappa shape index (κ1) is 15.5. The third kappa shape index (κ3) is 3.61. The Kier molecular flexibility index (Phi) is 5.60. The highest BCUT2D eigenvalue weighted by Crippen LogP contribution is 2.33. The van der Waals surface area contributed by atoms with Gasteiger partial charge in [0.15, 0.2) is 0 Å². The van der Waals surface area contributed by atoms with Crippen molar-refractivity contribution in [1.29, 1.82) is 0 Å². The fourth-order valence-electron chi connectivity index (χ4n) is 1.79. The summed E-state index contributed by atoms with van der Waals surface area (Å²) in [5, 5.41) is 0.622. The number of rotatable bonds is 5. The van der Waals surface area contributed by atoms with Crippen molar-refractivity contribution in [3.8, 4) is 0 Å². The second kappa shape index (κ2) is 7.22. The number of carbonyl (C=O) groups is 1. The predicted octanol–water partition coefficient (Wildman–Crippen LogP) is 3.58. The van der Waals surface area contributed by atoms with E-state index in [-0.39, 0.29) is 5.91 Å². The molecule has 3 nitrogen and oxygen atoms in total. The van der Waals surface area contributed by atoms with Crippen LogP contribution in [0.15, 0.2) is 29.2 Å². The molecule has 1 aliphatic rings. The number of carbonyl (C=O) groups excluding carboxylic acids is 1. The maximum atomic E-state index is 12.3. The molecule has 0 spiro atoms. The average molecular weight is 328 g/mol. The third-order valence-electron chi connectivity index (χ3n) is 2.80. The zero-order valence-electron chi connectivity index (χ0n) is 11.0. The Morgan fingerprint density at radius 1 is 1.45 bits per heavy atom. The Balaban J connectivity index is 2.13. The zero-order valence-corrected chi connectivity index (χ0v) is 13.4. The second-order valence-corrected chi connectivity index (χ2v) is 6.28. The molecule has 0 saturated carbocycles. The average Bonchev–Trinajstić information content (AvgIpc) is 2.69. The topological polar surface area (TPSA) is 29.5 Å². The summed E-state index contributed by atoms with van der Waals surface area (Å²) in [6, 6.07) is 7.42. The van der Waals surface area contributed by atoms with Gasteiger partial charge < -0.3 is 4.74 Å². The van der Waals surface area contributed by atoms with Gasteiger partial charge in [-0.3, -0.25) is 9.69 Å². The third-order valence-corrected chi connectivity index (χ3v) is 4.52. The van der Waals surface area contributed by atoms with E-state index in [2.05, 4.69) is 0 Å². The minimum absolute atomic E-state index is 0.0592. The number of amides is 1. The molecule has 0 bridgehead atoms. The minimum Gasteiger partial charge on any atom is -0.385 e. The summed E-state index contributed by atoms with van der Waals surface area (Å²) in [4.78, 5) is 14.5. The molecule has 1 amide bonds. The molecule has 106 valence electrons. The molecule has 0 N–H and O–H groups in total. The smallest absolute Gasteiger partial charge is 0.266 e. The molecule has 0 radical (unpaired) electrons. The molecule has 1 heterocycles. The SMILES string of the molecule is COCCCN1C(=O)/C(=C/c2ccccc2Cl)SC1=S. The van der Waals surface area contributed by atoms with Crippen LogP contribution in [0, 0.1) is 0 Å². The van der Waals surface area contributed by atoms with Crippen LogP contribution in [0.3, 0.4) is 0 Å². The van der Waals surface area contributed by atoms with Gasteiger partial charge in [-0.15, -0.1) is 0 Å². The van der Waals surface area contributed by atoms with E-state index in [1.165, 1.54) is 11.8 Å². The van der Waals surface area contributed by atoms with Gasteiger partial charge in [0.2, 0.25) is 0 Å². The largest absolute Gasteiger partial charge is 0.385 e. The van der Waals surface area contributed by atoms with Crippen molar-refractivity contribution in [2.75, 3.05) is 20.3 Å². The van der Waals surface area contributed by atoms with Crippen LogP contribution in [0.1, 0.15) is 12.0 Å². The van der Waals surface area contributed by atoms with Crippen molar-refractivity contribution in [3.63, 3.8) is 0 Å². The molecule has 6 heteroatoms. The standard InChI is InChI=1S/C14H14ClNO2S2/c1-18-8-4-7-16-13(17)12(20-14(16)19)9-10-5-2-3-6-11(10)15/h2-3,5-6,9H,4,7-8H2,1H3/b12-9-. The summed E-state index contributed by atoms with van der Waals surface area (Å²) in [6.07, 6.45) is 2.56. The molecule has 0 aromatic heterocycles. The van der Waals surface area contributed by atoms with Gasteiger partial charge in [0, 0.05) is 25.3 Å². The van der Waals surface area contributed by atoms with Crippen molar-refractivity contribution in [1.82, 2.24) is 4.90 Å². The molecule has 1 fully saturated rings. The van der Waals surface area contributed by atoms with Gasteiger partial charge in [0.05, 0.1) is 4.91 Å². The molecule has 1 saturated heterocycles. The first-order valence-electron chi connectivity index (χ1n) is 6.12. The molecule has 2 rings (SSSR count). The highest BCUT2D eigenvalue weighted by Gasteiger charge is 2.31. The summed E-state index contributed by atoms with van der Waals surface area (Å²) >= 11 is 12.7. The van der Waals surface area contributed by atoms with Crippen LogP contribution in [0.4, 0.5) is 0 Å². The molecule has 20 heavy (non-hydrogen) atoms. The van der Waals surface area contributed by atoms with E-state index in [1.807, 2.05) is 18.2 Å². The Morgan fingerprint density at radius 2 is 2.20 bits per heavy atom. The van der Waals surface area contributed by atoms with Gasteiger partial charge in [0.25, 0.3) is 5.91 Å². The predicted molar refractivity (Wildman–Crippen MR) is 87.8 cm³/mol. The van der Waals surface area contributed by atoms with Crippen molar-refractivity contribution in [2.24, 2.45) is 0 Å². The summed E-state index contributed by atoms with van der Waals surface area (Å²) in [6.45, 7) is 1.19. The Labute approximate surface area is 132 Å². The maximum Gasteiger partial charge on any atom is 0.266 e. The number of hydrogen-bond donors (Lipinski definition) is 0. The molecule has 1 aromatic carbocycles. The zero-order chi connectivity index (χ0) is 14.5. The van der Waals surface area contributed by atoms with Crippen LogP contribution < -0.4 is 0 Å². The quantitative estimate of drug-likeness (QED) is 0.470. The Bertz CT molecular complexity index is 560. The number of methoxy groups -OCH3 is 1. The lowest BCUT2D eigenvalue weighted by molar-refractivity contribution is -0.122. The maximum absolute atomic E-state index is 12.3.